The number of hydrogen-bond acceptors (Lipinski definition) is 3. The van der Waals surface area contributed by atoms with Gasteiger partial charge in [-0.25, -0.2) is 4.98 Å². The Kier molecular flexibility index (Phi) is 4.38. The second-order valence-corrected chi connectivity index (χ2v) is 5.96. The molecule has 0 saturated carbocycles. The third-order valence-electron chi connectivity index (χ3n) is 3.36. The van der Waals surface area contributed by atoms with E-state index >= 15 is 0 Å². The van der Waals surface area contributed by atoms with Gasteiger partial charge < -0.3 is 9.47 Å². The van der Waals surface area contributed by atoms with E-state index in [1.165, 1.54) is 0 Å². The molecule has 6 heteroatoms. The highest BCUT2D eigenvalue weighted by Gasteiger charge is 2.39. The van der Waals surface area contributed by atoms with E-state index in [9.17, 15) is 0 Å². The molecule has 0 N–H and O–H groups in total. The van der Waals surface area contributed by atoms with Gasteiger partial charge in [0.05, 0.1) is 13.2 Å². The summed E-state index contributed by atoms with van der Waals surface area (Å²) in [5, 5.41) is 1.61. The minimum atomic E-state index is -0.880. The predicted octanol–water partition coefficient (Wildman–Crippen LogP) is 4.48. The van der Waals surface area contributed by atoms with Crippen LogP contribution in [0.1, 0.15) is 11.1 Å². The van der Waals surface area contributed by atoms with Crippen molar-refractivity contribution in [3.05, 3.63) is 62.9 Å². The normalized spacial score (nSPS) is 17.1. The largest absolute Gasteiger partial charge is 0.343 e. The van der Waals surface area contributed by atoms with Crippen LogP contribution in [0.3, 0.4) is 0 Å². The van der Waals surface area contributed by atoms with Gasteiger partial charge in [-0.1, -0.05) is 40.9 Å². The Hall–Kier alpha value is -0.840. The summed E-state index contributed by atoms with van der Waals surface area (Å²) in [5.74, 6) is -0.880. The Bertz CT molecular complexity index is 640. The molecule has 1 aliphatic heterocycles. The fourth-order valence-electron chi connectivity index (χ4n) is 2.34. The first-order valence-electron chi connectivity index (χ1n) is 6.43. The predicted molar refractivity (Wildman–Crippen MR) is 83.0 cm³/mol. The van der Waals surface area contributed by atoms with E-state index in [2.05, 4.69) is 4.98 Å². The molecule has 110 valence electrons. The van der Waals surface area contributed by atoms with Crippen molar-refractivity contribution < 1.29 is 9.47 Å². The summed E-state index contributed by atoms with van der Waals surface area (Å²) in [7, 11) is 0. The van der Waals surface area contributed by atoms with E-state index in [1.807, 2.05) is 12.1 Å². The van der Waals surface area contributed by atoms with Crippen molar-refractivity contribution in [2.24, 2.45) is 0 Å². The molecule has 0 radical (unpaired) electrons. The molecule has 0 unspecified atom stereocenters. The van der Waals surface area contributed by atoms with Crippen LogP contribution in [-0.2, 0) is 21.7 Å². The third-order valence-corrected chi connectivity index (χ3v) is 4.17. The van der Waals surface area contributed by atoms with Crippen molar-refractivity contribution in [2.75, 3.05) is 13.2 Å². The molecule has 3 rings (SSSR count). The minimum absolute atomic E-state index is 0.427. The summed E-state index contributed by atoms with van der Waals surface area (Å²) in [6.07, 6.45) is 2.14. The molecule has 1 fully saturated rings. The van der Waals surface area contributed by atoms with Crippen molar-refractivity contribution in [1.82, 2.24) is 4.98 Å². The zero-order chi connectivity index (χ0) is 14.9. The first-order chi connectivity index (χ1) is 10.1. The van der Waals surface area contributed by atoms with Crippen LogP contribution in [0.15, 0.2) is 36.5 Å². The summed E-state index contributed by atoms with van der Waals surface area (Å²) in [6, 6.07) is 8.95. The number of halogens is 3. The number of aromatic nitrogens is 1. The Morgan fingerprint density at radius 3 is 2.43 bits per heavy atom. The molecule has 3 nitrogen and oxygen atoms in total. The average molecular weight is 345 g/mol. The summed E-state index contributed by atoms with van der Waals surface area (Å²) >= 11 is 18.0. The van der Waals surface area contributed by atoms with Gasteiger partial charge in [0.15, 0.2) is 0 Å². The minimum Gasteiger partial charge on any atom is -0.343 e. The molecule has 0 spiro atoms. The molecule has 1 aromatic carbocycles. The highest BCUT2D eigenvalue weighted by molar-refractivity contribution is 6.35. The molecule has 1 aliphatic rings. The quantitative estimate of drug-likeness (QED) is 0.769. The monoisotopic (exact) mass is 343 g/mol. The van der Waals surface area contributed by atoms with Crippen LogP contribution in [0.4, 0.5) is 0 Å². The van der Waals surface area contributed by atoms with E-state index in [-0.39, 0.29) is 0 Å². The van der Waals surface area contributed by atoms with Crippen LogP contribution >= 0.6 is 34.8 Å². The van der Waals surface area contributed by atoms with Gasteiger partial charge in [-0.15, -0.1) is 0 Å². The highest BCUT2D eigenvalue weighted by Crippen LogP contribution is 2.37. The van der Waals surface area contributed by atoms with Crippen molar-refractivity contribution >= 4 is 34.8 Å². The van der Waals surface area contributed by atoms with Crippen molar-refractivity contribution in [2.45, 2.75) is 12.2 Å². The second kappa shape index (κ2) is 6.11. The number of rotatable bonds is 3. The Labute approximate surface area is 137 Å². The van der Waals surface area contributed by atoms with Gasteiger partial charge in [0, 0.05) is 28.2 Å². The van der Waals surface area contributed by atoms with E-state index in [0.29, 0.717) is 34.8 Å². The molecular formula is C15H12Cl3NO2. The first-order valence-corrected chi connectivity index (χ1v) is 7.56. The molecule has 0 bridgehead atoms. The van der Waals surface area contributed by atoms with Crippen LogP contribution in [0.2, 0.25) is 15.2 Å². The highest BCUT2D eigenvalue weighted by atomic mass is 35.5. The van der Waals surface area contributed by atoms with Gasteiger partial charge in [-0.05, 0) is 29.8 Å². The molecule has 0 atom stereocenters. The van der Waals surface area contributed by atoms with E-state index in [0.717, 1.165) is 11.1 Å². The molecular weight excluding hydrogens is 333 g/mol. The number of nitrogens with zero attached hydrogens (tertiary/aromatic N) is 1. The van der Waals surface area contributed by atoms with Crippen molar-refractivity contribution in [1.29, 1.82) is 0 Å². The van der Waals surface area contributed by atoms with Gasteiger partial charge in [-0.2, -0.15) is 0 Å². The number of ether oxygens (including phenoxy) is 2. The zero-order valence-corrected chi connectivity index (χ0v) is 13.3. The maximum absolute atomic E-state index is 6.25. The molecule has 1 aromatic heterocycles. The van der Waals surface area contributed by atoms with Crippen molar-refractivity contribution in [3.8, 4) is 0 Å². The van der Waals surface area contributed by atoms with Crippen LogP contribution in [0.25, 0.3) is 0 Å². The lowest BCUT2D eigenvalue weighted by molar-refractivity contribution is -0.164. The topological polar surface area (TPSA) is 31.4 Å². The van der Waals surface area contributed by atoms with Crippen molar-refractivity contribution in [3.63, 3.8) is 0 Å². The maximum atomic E-state index is 6.25. The Morgan fingerprint density at radius 1 is 1.05 bits per heavy atom. The summed E-state index contributed by atoms with van der Waals surface area (Å²) in [6.45, 7) is 1.04. The lowest BCUT2D eigenvalue weighted by Crippen LogP contribution is -2.30. The van der Waals surface area contributed by atoms with Gasteiger partial charge >= 0.3 is 0 Å². The standard InChI is InChI=1S/C15H12Cl3NO2/c16-12-3-1-10(13(17)7-12)8-15(20-5-6-21-15)11-2-4-14(18)19-9-11/h1-4,7,9H,5-6,8H2. The Morgan fingerprint density at radius 2 is 1.81 bits per heavy atom. The Balaban J connectivity index is 1.96. The van der Waals surface area contributed by atoms with Gasteiger partial charge in [-0.3, -0.25) is 0 Å². The van der Waals surface area contributed by atoms with E-state index < -0.39 is 5.79 Å². The molecule has 1 saturated heterocycles. The van der Waals surface area contributed by atoms with E-state index in [4.69, 9.17) is 44.3 Å². The summed E-state index contributed by atoms with van der Waals surface area (Å²) in [4.78, 5) is 4.10. The smallest absolute Gasteiger partial charge is 0.200 e. The summed E-state index contributed by atoms with van der Waals surface area (Å²) in [5.41, 5.74) is 1.72. The maximum Gasteiger partial charge on any atom is 0.200 e. The fourth-order valence-corrected chi connectivity index (χ4v) is 2.93. The van der Waals surface area contributed by atoms with Crippen LogP contribution in [0.5, 0.6) is 0 Å². The number of benzene rings is 1. The summed E-state index contributed by atoms with van der Waals surface area (Å²) < 4.78 is 11.7. The first kappa shape index (κ1) is 15.1. The van der Waals surface area contributed by atoms with Crippen LogP contribution in [-0.4, -0.2) is 18.2 Å². The van der Waals surface area contributed by atoms with Crippen LogP contribution in [0, 0.1) is 0 Å². The van der Waals surface area contributed by atoms with Crippen LogP contribution < -0.4 is 0 Å². The molecule has 0 amide bonds. The molecule has 2 heterocycles. The lowest BCUT2D eigenvalue weighted by Gasteiger charge is -2.28. The molecule has 0 aliphatic carbocycles. The van der Waals surface area contributed by atoms with E-state index in [1.54, 1.807) is 24.4 Å². The number of hydrogen-bond donors (Lipinski definition) is 0. The molecule has 2 aromatic rings. The zero-order valence-electron chi connectivity index (χ0n) is 11.0. The van der Waals surface area contributed by atoms with Gasteiger partial charge in [0.1, 0.15) is 5.15 Å². The number of pyridine rings is 1. The fraction of sp³-hybridized carbons (Fsp3) is 0.267. The third kappa shape index (κ3) is 3.17. The second-order valence-electron chi connectivity index (χ2n) is 4.73. The molecule has 21 heavy (non-hydrogen) atoms. The van der Waals surface area contributed by atoms with Gasteiger partial charge in [0.2, 0.25) is 5.79 Å². The average Bonchev–Trinajstić information content (AvgIpc) is 2.92. The SMILES string of the molecule is Clc1ccc(CC2(c3ccc(Cl)nc3)OCCO2)c(Cl)c1. The van der Waals surface area contributed by atoms with Gasteiger partial charge in [0.25, 0.3) is 0 Å². The lowest BCUT2D eigenvalue weighted by atomic mass is 9.99.